The first-order chi connectivity index (χ1) is 10.5. The van der Waals surface area contributed by atoms with Gasteiger partial charge in [-0.3, -0.25) is 0 Å². The Labute approximate surface area is 131 Å². The van der Waals surface area contributed by atoms with E-state index in [1.807, 2.05) is 37.3 Å². The zero-order chi connectivity index (χ0) is 15.7. The van der Waals surface area contributed by atoms with E-state index < -0.39 is 10.0 Å². The fourth-order valence-corrected chi connectivity index (χ4v) is 2.83. The van der Waals surface area contributed by atoms with Crippen molar-refractivity contribution in [2.24, 2.45) is 5.14 Å². The summed E-state index contributed by atoms with van der Waals surface area (Å²) in [4.78, 5) is 0.0756. The average Bonchev–Trinajstić information content (AvgIpc) is 2.89. The second kappa shape index (κ2) is 5.40. The van der Waals surface area contributed by atoms with Gasteiger partial charge in [0.2, 0.25) is 10.0 Å². The minimum absolute atomic E-state index is 0. The number of sulfonamides is 1. The minimum Gasteiger partial charge on any atom is -0.360 e. The summed E-state index contributed by atoms with van der Waals surface area (Å²) in [7, 11) is -3.70. The van der Waals surface area contributed by atoms with Crippen LogP contribution < -0.4 is 5.14 Å². The van der Waals surface area contributed by atoms with Gasteiger partial charge in [-0.1, -0.05) is 47.6 Å². The maximum Gasteiger partial charge on any atom is 0.238 e. The number of benzene rings is 2. The van der Waals surface area contributed by atoms with Gasteiger partial charge in [0.15, 0.2) is 0 Å². The Kier molecular flexibility index (Phi) is 3.56. The van der Waals surface area contributed by atoms with Gasteiger partial charge >= 0.3 is 0 Å². The Morgan fingerprint density at radius 3 is 2.23 bits per heavy atom. The van der Waals surface area contributed by atoms with Crippen molar-refractivity contribution in [2.45, 2.75) is 11.8 Å². The SMILES string of the molecule is Cc1onc(-c2ccccc2)c1-c1ccc(S(N)(=O)=O)cc1.[HH].[HH]. The molecule has 2 N–H and O–H groups in total. The number of aryl methyl sites for hydroxylation is 1. The number of nitrogens with two attached hydrogens (primary N) is 1. The molecule has 6 heteroatoms. The van der Waals surface area contributed by atoms with Crippen molar-refractivity contribution in [3.63, 3.8) is 0 Å². The molecule has 1 heterocycles. The van der Waals surface area contributed by atoms with Crippen LogP contribution in [-0.4, -0.2) is 13.6 Å². The maximum absolute atomic E-state index is 11.3. The van der Waals surface area contributed by atoms with E-state index in [2.05, 4.69) is 5.16 Å². The van der Waals surface area contributed by atoms with Crippen molar-refractivity contribution < 1.29 is 15.8 Å². The predicted octanol–water partition coefficient (Wildman–Crippen LogP) is 3.46. The third kappa shape index (κ3) is 2.66. The molecule has 0 aliphatic heterocycles. The molecular formula is C16H18N2O3S. The van der Waals surface area contributed by atoms with E-state index in [1.54, 1.807) is 12.1 Å². The summed E-state index contributed by atoms with van der Waals surface area (Å²) in [5.74, 6) is 0.669. The molecule has 2 aromatic carbocycles. The van der Waals surface area contributed by atoms with Gasteiger partial charge in [0.1, 0.15) is 11.5 Å². The van der Waals surface area contributed by atoms with E-state index in [1.165, 1.54) is 12.1 Å². The van der Waals surface area contributed by atoms with E-state index in [0.29, 0.717) is 5.76 Å². The van der Waals surface area contributed by atoms with Gasteiger partial charge in [0.25, 0.3) is 0 Å². The summed E-state index contributed by atoms with van der Waals surface area (Å²) in [6.45, 7) is 1.82. The second-order valence-corrected chi connectivity index (χ2v) is 6.46. The predicted molar refractivity (Wildman–Crippen MR) is 87.7 cm³/mol. The molecule has 1 aromatic heterocycles. The molecule has 116 valence electrons. The van der Waals surface area contributed by atoms with E-state index in [0.717, 1.165) is 22.4 Å². The van der Waals surface area contributed by atoms with Gasteiger partial charge in [-0.15, -0.1) is 0 Å². The Morgan fingerprint density at radius 2 is 1.64 bits per heavy atom. The molecule has 0 atom stereocenters. The number of hydrogen-bond donors (Lipinski definition) is 1. The van der Waals surface area contributed by atoms with Crippen molar-refractivity contribution in [2.75, 3.05) is 0 Å². The zero-order valence-electron chi connectivity index (χ0n) is 11.9. The quantitative estimate of drug-likeness (QED) is 0.801. The van der Waals surface area contributed by atoms with Gasteiger partial charge in [0.05, 0.1) is 10.5 Å². The lowest BCUT2D eigenvalue weighted by molar-refractivity contribution is 0.400. The second-order valence-electron chi connectivity index (χ2n) is 4.90. The normalized spacial score (nSPS) is 11.5. The van der Waals surface area contributed by atoms with Crippen LogP contribution in [0.1, 0.15) is 8.61 Å². The fraction of sp³-hybridized carbons (Fsp3) is 0.0625. The van der Waals surface area contributed by atoms with Gasteiger partial charge < -0.3 is 4.52 Å². The molecule has 0 saturated carbocycles. The number of nitrogens with zero attached hydrogens (tertiary/aromatic N) is 1. The molecule has 5 nitrogen and oxygen atoms in total. The lowest BCUT2D eigenvalue weighted by atomic mass is 10.00. The van der Waals surface area contributed by atoms with Gasteiger partial charge in [-0.25, -0.2) is 13.6 Å². The lowest BCUT2D eigenvalue weighted by Gasteiger charge is -2.04. The molecule has 0 amide bonds. The largest absolute Gasteiger partial charge is 0.360 e. The van der Waals surface area contributed by atoms with Crippen molar-refractivity contribution in [1.82, 2.24) is 5.16 Å². The van der Waals surface area contributed by atoms with Crippen molar-refractivity contribution in [3.05, 3.63) is 60.4 Å². The highest BCUT2D eigenvalue weighted by atomic mass is 32.2. The molecule has 0 fully saturated rings. The van der Waals surface area contributed by atoms with E-state index in [9.17, 15) is 8.42 Å². The van der Waals surface area contributed by atoms with Crippen molar-refractivity contribution in [3.8, 4) is 22.4 Å². The first-order valence-electron chi connectivity index (χ1n) is 6.62. The molecular weight excluding hydrogens is 300 g/mol. The van der Waals surface area contributed by atoms with Crippen LogP contribution in [0.2, 0.25) is 0 Å². The van der Waals surface area contributed by atoms with Crippen LogP contribution >= 0.6 is 0 Å². The number of aromatic nitrogens is 1. The molecule has 0 aliphatic carbocycles. The Hall–Kier alpha value is -2.44. The van der Waals surface area contributed by atoms with E-state index in [4.69, 9.17) is 9.66 Å². The van der Waals surface area contributed by atoms with E-state index in [-0.39, 0.29) is 7.75 Å². The third-order valence-corrected chi connectivity index (χ3v) is 4.31. The first-order valence-corrected chi connectivity index (χ1v) is 8.16. The van der Waals surface area contributed by atoms with Crippen LogP contribution in [0.5, 0.6) is 0 Å². The Bertz CT molecular complexity index is 908. The fourth-order valence-electron chi connectivity index (χ4n) is 2.32. The van der Waals surface area contributed by atoms with Crippen LogP contribution in [0, 0.1) is 6.92 Å². The molecule has 22 heavy (non-hydrogen) atoms. The summed E-state index contributed by atoms with van der Waals surface area (Å²) >= 11 is 0. The van der Waals surface area contributed by atoms with Crippen LogP contribution in [0.3, 0.4) is 0 Å². The zero-order valence-corrected chi connectivity index (χ0v) is 12.7. The minimum atomic E-state index is -3.70. The van der Waals surface area contributed by atoms with Gasteiger partial charge in [-0.2, -0.15) is 0 Å². The monoisotopic (exact) mass is 318 g/mol. The van der Waals surface area contributed by atoms with Crippen LogP contribution in [0.25, 0.3) is 22.4 Å². The number of hydrogen-bond acceptors (Lipinski definition) is 4. The summed E-state index contributed by atoms with van der Waals surface area (Å²) in [5.41, 5.74) is 3.32. The smallest absolute Gasteiger partial charge is 0.238 e. The summed E-state index contributed by atoms with van der Waals surface area (Å²) in [6.07, 6.45) is 0. The van der Waals surface area contributed by atoms with Crippen LogP contribution in [0.4, 0.5) is 0 Å². The summed E-state index contributed by atoms with van der Waals surface area (Å²) < 4.78 is 28.0. The number of rotatable bonds is 3. The molecule has 3 rings (SSSR count). The maximum atomic E-state index is 11.3. The molecule has 0 spiro atoms. The molecule has 0 aliphatic rings. The molecule has 3 aromatic rings. The molecule has 0 unspecified atom stereocenters. The molecule has 0 radical (unpaired) electrons. The Morgan fingerprint density at radius 1 is 1.00 bits per heavy atom. The molecule has 0 bridgehead atoms. The highest BCUT2D eigenvalue weighted by molar-refractivity contribution is 7.89. The van der Waals surface area contributed by atoms with Gasteiger partial charge in [0, 0.05) is 8.42 Å². The van der Waals surface area contributed by atoms with Crippen molar-refractivity contribution in [1.29, 1.82) is 0 Å². The third-order valence-electron chi connectivity index (χ3n) is 3.38. The van der Waals surface area contributed by atoms with Gasteiger partial charge in [-0.05, 0) is 24.6 Å². The van der Waals surface area contributed by atoms with Crippen molar-refractivity contribution >= 4 is 10.0 Å². The topological polar surface area (TPSA) is 86.2 Å². The lowest BCUT2D eigenvalue weighted by Crippen LogP contribution is -2.11. The average molecular weight is 318 g/mol. The highest BCUT2D eigenvalue weighted by Crippen LogP contribution is 2.34. The van der Waals surface area contributed by atoms with Crippen LogP contribution in [0.15, 0.2) is 64.0 Å². The highest BCUT2D eigenvalue weighted by Gasteiger charge is 2.17. The first kappa shape index (κ1) is 14.5. The number of primary sulfonamides is 1. The summed E-state index contributed by atoms with van der Waals surface area (Å²) in [6, 6.07) is 16.0. The van der Waals surface area contributed by atoms with E-state index >= 15 is 0 Å². The molecule has 0 saturated heterocycles. The Balaban J connectivity index is 0.00000144. The summed E-state index contributed by atoms with van der Waals surface area (Å²) in [5, 5.41) is 9.23. The standard InChI is InChI=1S/C16H14N2O3S.2H2/c1-11-15(12-7-9-14(10-8-12)22(17,19)20)16(18-21-11)13-5-3-2-4-6-13;;/h2-10H,1H3,(H2,17,19,20);2*1H. The van der Waals surface area contributed by atoms with Crippen LogP contribution in [-0.2, 0) is 10.0 Å².